The molecule has 190 valence electrons. The molecule has 1 N–H and O–H groups in total. The summed E-state index contributed by atoms with van der Waals surface area (Å²) in [6.07, 6.45) is -1.26. The van der Waals surface area contributed by atoms with Crippen LogP contribution in [0.1, 0.15) is 15.9 Å². The first-order valence-electron chi connectivity index (χ1n) is 11.7. The third kappa shape index (κ3) is 5.28. The van der Waals surface area contributed by atoms with Crippen molar-refractivity contribution in [2.75, 3.05) is 43.5 Å². The van der Waals surface area contributed by atoms with Crippen LogP contribution < -0.4 is 15.0 Å². The molecule has 5 rings (SSSR count). The second-order valence-corrected chi connectivity index (χ2v) is 8.63. The number of hydrogen-bond acceptors (Lipinski definition) is 6. The predicted molar refractivity (Wildman–Crippen MR) is 135 cm³/mol. The van der Waals surface area contributed by atoms with Gasteiger partial charge in [0, 0.05) is 72.7 Å². The molecule has 0 spiro atoms. The van der Waals surface area contributed by atoms with Crippen molar-refractivity contribution in [1.82, 2.24) is 14.9 Å². The summed E-state index contributed by atoms with van der Waals surface area (Å²) in [4.78, 5) is 25.3. The van der Waals surface area contributed by atoms with Gasteiger partial charge in [-0.15, -0.1) is 0 Å². The van der Waals surface area contributed by atoms with Crippen molar-refractivity contribution in [3.63, 3.8) is 0 Å². The number of benzene rings is 2. The predicted octanol–water partition coefficient (Wildman–Crippen LogP) is 5.36. The van der Waals surface area contributed by atoms with E-state index in [0.29, 0.717) is 54.4 Å². The van der Waals surface area contributed by atoms with Crippen LogP contribution in [0.15, 0.2) is 73.1 Å². The molecule has 1 saturated heterocycles. The second-order valence-electron chi connectivity index (χ2n) is 8.63. The van der Waals surface area contributed by atoms with Gasteiger partial charge in [-0.1, -0.05) is 6.07 Å². The number of aromatic nitrogens is 2. The minimum absolute atomic E-state index is 0.0486. The van der Waals surface area contributed by atoms with Gasteiger partial charge in [-0.05, 0) is 48.5 Å². The summed E-state index contributed by atoms with van der Waals surface area (Å²) in [5, 5.41) is 3.79. The first kappa shape index (κ1) is 24.4. The largest absolute Gasteiger partial charge is 0.481 e. The van der Waals surface area contributed by atoms with Gasteiger partial charge in [0.15, 0.2) is 0 Å². The third-order valence-electron chi connectivity index (χ3n) is 6.34. The van der Waals surface area contributed by atoms with Crippen LogP contribution in [0.5, 0.6) is 5.88 Å². The molecule has 37 heavy (non-hydrogen) atoms. The molecular weight excluding hydrogens is 483 g/mol. The zero-order chi connectivity index (χ0) is 26.0. The highest BCUT2D eigenvalue weighted by atomic mass is 19.4. The number of piperazine rings is 1. The third-order valence-corrected chi connectivity index (χ3v) is 6.34. The van der Waals surface area contributed by atoms with E-state index < -0.39 is 11.7 Å². The fourth-order valence-electron chi connectivity index (χ4n) is 4.34. The van der Waals surface area contributed by atoms with E-state index in [1.165, 1.54) is 12.3 Å². The zero-order valence-electron chi connectivity index (χ0n) is 20.0. The lowest BCUT2D eigenvalue weighted by Gasteiger charge is -2.36. The highest BCUT2D eigenvalue weighted by molar-refractivity contribution is 5.96. The summed E-state index contributed by atoms with van der Waals surface area (Å²) in [7, 11) is 1.58. The molecule has 1 aliphatic heterocycles. The maximum Gasteiger partial charge on any atom is 0.416 e. The standard InChI is InChI=1S/C27H24F3N5O2/c1-37-25-17-21(8-10-32-25)34-12-14-35(15-13-34)26(36)18-2-5-20(6-3-18)33-23-9-11-31-24-16-19(27(28,29)30)4-7-22(23)24/h2-11,16-17H,12-15H2,1H3,(H,31,33). The van der Waals surface area contributed by atoms with Gasteiger partial charge in [0.25, 0.3) is 5.91 Å². The first-order valence-corrected chi connectivity index (χ1v) is 11.7. The van der Waals surface area contributed by atoms with E-state index in [1.807, 2.05) is 17.0 Å². The SMILES string of the molecule is COc1cc(N2CCN(C(=O)c3ccc(Nc4ccnc5cc(C(F)(F)F)ccc45)cc3)CC2)ccn1. The number of hydrogen-bond donors (Lipinski definition) is 1. The summed E-state index contributed by atoms with van der Waals surface area (Å²) < 4.78 is 44.3. The quantitative estimate of drug-likeness (QED) is 0.392. The zero-order valence-corrected chi connectivity index (χ0v) is 20.0. The summed E-state index contributed by atoms with van der Waals surface area (Å²) in [6, 6.07) is 16.0. The number of rotatable bonds is 5. The average molecular weight is 508 g/mol. The molecule has 0 unspecified atom stereocenters. The number of ether oxygens (including phenoxy) is 1. The number of fused-ring (bicyclic) bond motifs is 1. The fraction of sp³-hybridized carbons (Fsp3) is 0.222. The molecule has 0 bridgehead atoms. The summed E-state index contributed by atoms with van der Waals surface area (Å²) in [5.41, 5.74) is 2.42. The van der Waals surface area contributed by atoms with Crippen molar-refractivity contribution in [1.29, 1.82) is 0 Å². The van der Waals surface area contributed by atoms with Gasteiger partial charge in [-0.25, -0.2) is 4.98 Å². The van der Waals surface area contributed by atoms with Crippen LogP contribution >= 0.6 is 0 Å². The number of anilines is 3. The van der Waals surface area contributed by atoms with Crippen molar-refractivity contribution >= 4 is 33.9 Å². The normalized spacial score (nSPS) is 14.1. The van der Waals surface area contributed by atoms with Crippen LogP contribution in [0.4, 0.5) is 30.2 Å². The van der Waals surface area contributed by atoms with E-state index in [0.717, 1.165) is 17.8 Å². The van der Waals surface area contributed by atoms with E-state index in [4.69, 9.17) is 4.74 Å². The van der Waals surface area contributed by atoms with Crippen molar-refractivity contribution in [2.24, 2.45) is 0 Å². The van der Waals surface area contributed by atoms with Gasteiger partial charge in [0.2, 0.25) is 5.88 Å². The number of nitrogens with zero attached hydrogens (tertiary/aromatic N) is 4. The van der Waals surface area contributed by atoms with E-state index in [1.54, 1.807) is 43.6 Å². The van der Waals surface area contributed by atoms with Crippen LogP contribution in [0.3, 0.4) is 0 Å². The first-order chi connectivity index (χ1) is 17.8. The van der Waals surface area contributed by atoms with Crippen LogP contribution in [0, 0.1) is 0 Å². The monoisotopic (exact) mass is 507 g/mol. The highest BCUT2D eigenvalue weighted by Crippen LogP contribution is 2.33. The number of carbonyl (C=O) groups excluding carboxylic acids is 1. The minimum atomic E-state index is -4.43. The molecule has 0 atom stereocenters. The lowest BCUT2D eigenvalue weighted by Crippen LogP contribution is -2.48. The van der Waals surface area contributed by atoms with Gasteiger partial charge in [0.05, 0.1) is 18.2 Å². The number of methoxy groups -OCH3 is 1. The molecule has 1 fully saturated rings. The maximum atomic E-state index is 13.1. The Hall–Kier alpha value is -4.34. The number of halogens is 3. The maximum absolute atomic E-state index is 13.1. The van der Waals surface area contributed by atoms with E-state index in [-0.39, 0.29) is 11.4 Å². The molecule has 2 aromatic heterocycles. The molecule has 7 nitrogen and oxygen atoms in total. The molecule has 0 saturated carbocycles. The summed E-state index contributed by atoms with van der Waals surface area (Å²) >= 11 is 0. The fourth-order valence-corrected chi connectivity index (χ4v) is 4.34. The molecule has 10 heteroatoms. The van der Waals surface area contributed by atoms with Crippen LogP contribution in [-0.4, -0.2) is 54.1 Å². The number of carbonyl (C=O) groups is 1. The van der Waals surface area contributed by atoms with E-state index >= 15 is 0 Å². The van der Waals surface area contributed by atoms with Crippen LogP contribution in [-0.2, 0) is 6.18 Å². The number of pyridine rings is 2. The van der Waals surface area contributed by atoms with Crippen molar-refractivity contribution < 1.29 is 22.7 Å². The molecule has 0 radical (unpaired) electrons. The van der Waals surface area contributed by atoms with Gasteiger partial charge >= 0.3 is 6.18 Å². The molecule has 1 amide bonds. The van der Waals surface area contributed by atoms with Gasteiger partial charge < -0.3 is 19.9 Å². The molecule has 0 aliphatic carbocycles. The Balaban J connectivity index is 1.24. The Labute approximate surface area is 211 Å². The lowest BCUT2D eigenvalue weighted by atomic mass is 10.1. The van der Waals surface area contributed by atoms with Crippen molar-refractivity contribution in [3.8, 4) is 5.88 Å². The molecule has 4 aromatic rings. The summed E-state index contributed by atoms with van der Waals surface area (Å²) in [5.74, 6) is 0.503. The topological polar surface area (TPSA) is 70.6 Å². The number of amides is 1. The number of nitrogens with one attached hydrogen (secondary N) is 1. The Morgan fingerprint density at radius 2 is 1.65 bits per heavy atom. The highest BCUT2D eigenvalue weighted by Gasteiger charge is 2.30. The minimum Gasteiger partial charge on any atom is -0.481 e. The van der Waals surface area contributed by atoms with Gasteiger partial charge in [-0.2, -0.15) is 13.2 Å². The van der Waals surface area contributed by atoms with Gasteiger partial charge in [-0.3, -0.25) is 9.78 Å². The number of alkyl halides is 3. The Kier molecular flexibility index (Phi) is 6.56. The van der Waals surface area contributed by atoms with Crippen molar-refractivity contribution in [3.05, 3.63) is 84.2 Å². The lowest BCUT2D eigenvalue weighted by molar-refractivity contribution is -0.137. The smallest absolute Gasteiger partial charge is 0.416 e. The summed E-state index contributed by atoms with van der Waals surface area (Å²) in [6.45, 7) is 2.58. The molecular formula is C27H24F3N5O2. The van der Waals surface area contributed by atoms with Crippen molar-refractivity contribution in [2.45, 2.75) is 6.18 Å². The van der Waals surface area contributed by atoms with Gasteiger partial charge in [0.1, 0.15) is 0 Å². The molecule has 1 aliphatic rings. The average Bonchev–Trinajstić information content (AvgIpc) is 2.92. The Bertz CT molecular complexity index is 1420. The Morgan fingerprint density at radius 3 is 2.35 bits per heavy atom. The van der Waals surface area contributed by atoms with Crippen LogP contribution in [0.2, 0.25) is 0 Å². The van der Waals surface area contributed by atoms with E-state index in [2.05, 4.69) is 20.2 Å². The van der Waals surface area contributed by atoms with E-state index in [9.17, 15) is 18.0 Å². The van der Waals surface area contributed by atoms with Crippen LogP contribution in [0.25, 0.3) is 10.9 Å². The second kappa shape index (κ2) is 9.96. The Morgan fingerprint density at radius 1 is 0.919 bits per heavy atom. The molecule has 3 heterocycles. The molecule has 2 aromatic carbocycles.